The molecule has 6 heteroatoms. The summed E-state index contributed by atoms with van der Waals surface area (Å²) in [6, 6.07) is 25.3. The van der Waals surface area contributed by atoms with Crippen molar-refractivity contribution in [2.45, 2.75) is 0 Å². The van der Waals surface area contributed by atoms with Crippen molar-refractivity contribution in [3.63, 3.8) is 0 Å². The number of rotatable bonds is 4. The zero-order valence-electron chi connectivity index (χ0n) is 16.0. The van der Waals surface area contributed by atoms with Crippen LogP contribution in [0.15, 0.2) is 84.0 Å². The zero-order chi connectivity index (χ0) is 20.1. The molecule has 1 aliphatic rings. The molecule has 1 heterocycles. The minimum absolute atomic E-state index is 0.0720. The highest BCUT2D eigenvalue weighted by Gasteiger charge is 2.24. The summed E-state index contributed by atoms with van der Waals surface area (Å²) in [5.41, 5.74) is 12.9. The van der Waals surface area contributed by atoms with Gasteiger partial charge in [0.15, 0.2) is 0 Å². The summed E-state index contributed by atoms with van der Waals surface area (Å²) in [4.78, 5) is 20.2. The first-order valence-corrected chi connectivity index (χ1v) is 9.60. The number of carbonyl (C=O) groups is 1. The lowest BCUT2D eigenvalue weighted by molar-refractivity contribution is 0.0747. The van der Waals surface area contributed by atoms with Gasteiger partial charge in [-0.2, -0.15) is 0 Å². The topological polar surface area (TPSA) is 72.3 Å². The summed E-state index contributed by atoms with van der Waals surface area (Å²) in [6.45, 7) is 2.86. The van der Waals surface area contributed by atoms with Gasteiger partial charge in [-0.25, -0.2) is 0 Å². The first-order chi connectivity index (χ1) is 14.3. The number of hydrogen-bond acceptors (Lipinski definition) is 3. The second-order valence-corrected chi connectivity index (χ2v) is 6.90. The third kappa shape index (κ3) is 4.08. The Kier molecular flexibility index (Phi) is 5.45. The van der Waals surface area contributed by atoms with E-state index in [2.05, 4.69) is 14.9 Å². The van der Waals surface area contributed by atoms with E-state index in [4.69, 9.17) is 5.53 Å². The van der Waals surface area contributed by atoms with E-state index in [1.807, 2.05) is 83.8 Å². The number of amides is 1. The van der Waals surface area contributed by atoms with Gasteiger partial charge >= 0.3 is 0 Å². The lowest BCUT2D eigenvalue weighted by Gasteiger charge is -2.36. The van der Waals surface area contributed by atoms with Crippen molar-refractivity contribution in [3.05, 3.63) is 94.9 Å². The van der Waals surface area contributed by atoms with Gasteiger partial charge in [0.05, 0.1) is 0 Å². The Hall–Kier alpha value is -3.76. The van der Waals surface area contributed by atoms with Crippen LogP contribution in [-0.4, -0.2) is 37.0 Å². The van der Waals surface area contributed by atoms with Gasteiger partial charge in [0.1, 0.15) is 0 Å². The molecule has 1 saturated heterocycles. The van der Waals surface area contributed by atoms with Gasteiger partial charge in [-0.15, -0.1) is 0 Å². The minimum Gasteiger partial charge on any atom is -0.368 e. The molecule has 0 N–H and O–H groups in total. The number of nitrogens with zero attached hydrogens (tertiary/aromatic N) is 5. The minimum atomic E-state index is 0.0720. The van der Waals surface area contributed by atoms with Crippen molar-refractivity contribution in [2.24, 2.45) is 5.11 Å². The van der Waals surface area contributed by atoms with Crippen LogP contribution in [0.4, 0.5) is 11.4 Å². The van der Waals surface area contributed by atoms with Crippen molar-refractivity contribution in [1.29, 1.82) is 0 Å². The van der Waals surface area contributed by atoms with Gasteiger partial charge in [-0.05, 0) is 34.9 Å². The molecule has 3 aromatic carbocycles. The average Bonchev–Trinajstić information content (AvgIpc) is 2.80. The Morgan fingerprint density at radius 1 is 0.828 bits per heavy atom. The number of azide groups is 1. The van der Waals surface area contributed by atoms with Crippen LogP contribution in [0.25, 0.3) is 21.6 Å². The number of anilines is 1. The van der Waals surface area contributed by atoms with Crippen LogP contribution in [0.3, 0.4) is 0 Å². The average molecular weight is 383 g/mol. The number of benzene rings is 3. The van der Waals surface area contributed by atoms with Crippen molar-refractivity contribution < 1.29 is 4.79 Å². The zero-order valence-corrected chi connectivity index (χ0v) is 16.0. The summed E-state index contributed by atoms with van der Waals surface area (Å²) in [5, 5.41) is 3.60. The van der Waals surface area contributed by atoms with Gasteiger partial charge in [0.2, 0.25) is 0 Å². The summed E-state index contributed by atoms with van der Waals surface area (Å²) >= 11 is 0. The molecule has 1 amide bonds. The molecule has 144 valence electrons. The standard InChI is InChI=1S/C23H21N5O/c24-26-25-19-10-12-20(13-11-19)27-14-16-28(17-15-27)23(29)22-9-5-4-8-21(22)18-6-2-1-3-7-18/h1-13H,14-17H2. The lowest BCUT2D eigenvalue weighted by Crippen LogP contribution is -2.48. The summed E-state index contributed by atoms with van der Waals surface area (Å²) in [5.74, 6) is 0.0720. The summed E-state index contributed by atoms with van der Waals surface area (Å²) in [7, 11) is 0. The molecule has 0 aliphatic carbocycles. The van der Waals surface area contributed by atoms with Gasteiger partial charge in [0, 0.05) is 48.0 Å². The molecule has 4 rings (SSSR count). The van der Waals surface area contributed by atoms with E-state index in [9.17, 15) is 4.79 Å². The predicted octanol–water partition coefficient (Wildman–Crippen LogP) is 5.26. The monoisotopic (exact) mass is 383 g/mol. The van der Waals surface area contributed by atoms with Gasteiger partial charge in [-0.1, -0.05) is 65.8 Å². The molecule has 1 aliphatic heterocycles. The van der Waals surface area contributed by atoms with E-state index in [1.165, 1.54) is 0 Å². The quantitative estimate of drug-likeness (QED) is 0.350. The molecule has 0 unspecified atom stereocenters. The lowest BCUT2D eigenvalue weighted by atomic mass is 9.98. The highest BCUT2D eigenvalue weighted by atomic mass is 16.2. The van der Waals surface area contributed by atoms with E-state index in [-0.39, 0.29) is 5.91 Å². The number of piperazine rings is 1. The Labute approximate surface area is 169 Å². The number of carbonyl (C=O) groups excluding carboxylic acids is 1. The molecule has 0 radical (unpaired) electrons. The van der Waals surface area contributed by atoms with E-state index in [0.717, 1.165) is 35.5 Å². The molecule has 0 aromatic heterocycles. The third-order valence-electron chi connectivity index (χ3n) is 5.18. The third-order valence-corrected chi connectivity index (χ3v) is 5.18. The molecule has 1 fully saturated rings. The van der Waals surface area contributed by atoms with Gasteiger partial charge < -0.3 is 9.80 Å². The van der Waals surface area contributed by atoms with Crippen LogP contribution in [0.5, 0.6) is 0 Å². The van der Waals surface area contributed by atoms with Crippen molar-refractivity contribution >= 4 is 17.3 Å². The molecule has 3 aromatic rings. The highest BCUT2D eigenvalue weighted by molar-refractivity contribution is 6.01. The molecule has 0 atom stereocenters. The Balaban J connectivity index is 1.47. The normalized spacial score (nSPS) is 13.7. The maximum atomic E-state index is 13.2. The van der Waals surface area contributed by atoms with Crippen LogP contribution in [0, 0.1) is 0 Å². The fourth-order valence-electron chi connectivity index (χ4n) is 3.66. The van der Waals surface area contributed by atoms with Crippen LogP contribution < -0.4 is 4.90 Å². The van der Waals surface area contributed by atoms with E-state index in [1.54, 1.807) is 0 Å². The smallest absolute Gasteiger partial charge is 0.254 e. The van der Waals surface area contributed by atoms with Crippen LogP contribution in [0.1, 0.15) is 10.4 Å². The SMILES string of the molecule is [N-]=[N+]=Nc1ccc(N2CCN(C(=O)c3ccccc3-c3ccccc3)CC2)cc1. The first-order valence-electron chi connectivity index (χ1n) is 9.60. The van der Waals surface area contributed by atoms with Crippen molar-refractivity contribution in [2.75, 3.05) is 31.1 Å². The second-order valence-electron chi connectivity index (χ2n) is 6.90. The fourth-order valence-corrected chi connectivity index (χ4v) is 3.66. The number of hydrogen-bond donors (Lipinski definition) is 0. The molecular weight excluding hydrogens is 362 g/mol. The van der Waals surface area contributed by atoms with Crippen LogP contribution >= 0.6 is 0 Å². The molecule has 0 bridgehead atoms. The van der Waals surface area contributed by atoms with Gasteiger partial charge in [0.25, 0.3) is 5.91 Å². The first kappa shape index (κ1) is 18.6. The van der Waals surface area contributed by atoms with E-state index in [0.29, 0.717) is 18.8 Å². The molecule has 0 spiro atoms. The second kappa shape index (κ2) is 8.50. The van der Waals surface area contributed by atoms with Gasteiger partial charge in [-0.3, -0.25) is 4.79 Å². The van der Waals surface area contributed by atoms with Crippen molar-refractivity contribution in [3.8, 4) is 11.1 Å². The molecule has 6 nitrogen and oxygen atoms in total. The Bertz CT molecular complexity index is 1030. The Morgan fingerprint density at radius 3 is 2.17 bits per heavy atom. The summed E-state index contributed by atoms with van der Waals surface area (Å²) in [6.07, 6.45) is 0. The largest absolute Gasteiger partial charge is 0.368 e. The molecule has 29 heavy (non-hydrogen) atoms. The van der Waals surface area contributed by atoms with Crippen LogP contribution in [-0.2, 0) is 0 Å². The Morgan fingerprint density at radius 2 is 1.48 bits per heavy atom. The highest BCUT2D eigenvalue weighted by Crippen LogP contribution is 2.26. The van der Waals surface area contributed by atoms with E-state index >= 15 is 0 Å². The van der Waals surface area contributed by atoms with E-state index < -0.39 is 0 Å². The predicted molar refractivity (Wildman–Crippen MR) is 115 cm³/mol. The maximum Gasteiger partial charge on any atom is 0.254 e. The molecular formula is C23H21N5O. The van der Waals surface area contributed by atoms with Crippen molar-refractivity contribution in [1.82, 2.24) is 4.90 Å². The fraction of sp³-hybridized carbons (Fsp3) is 0.174. The maximum absolute atomic E-state index is 13.2. The van der Waals surface area contributed by atoms with Crippen LogP contribution in [0.2, 0.25) is 0 Å². The summed E-state index contributed by atoms with van der Waals surface area (Å²) < 4.78 is 0. The molecule has 0 saturated carbocycles.